The molecule has 3 saturated carbocycles. The largest absolute Gasteiger partial charge is 0.469 e. The zero-order valence-electron chi connectivity index (χ0n) is 19.2. The number of esters is 1. The number of carbonyl (C=O) groups is 2. The second-order valence-corrected chi connectivity index (χ2v) is 10.3. The normalized spacial score (nSPS) is 23.6. The van der Waals surface area contributed by atoms with E-state index >= 15 is 0 Å². The van der Waals surface area contributed by atoms with Gasteiger partial charge in [-0.15, -0.1) is 0 Å². The topological polar surface area (TPSA) is 86.5 Å². The van der Waals surface area contributed by atoms with Crippen molar-refractivity contribution in [1.82, 2.24) is 19.7 Å². The number of methoxy groups -OCH3 is 1. The highest BCUT2D eigenvalue weighted by atomic mass is 16.6. The van der Waals surface area contributed by atoms with Crippen LogP contribution in [0.5, 0.6) is 0 Å². The number of fused-ring (bicyclic) bond motifs is 1. The Balaban J connectivity index is 1.44. The van der Waals surface area contributed by atoms with E-state index in [1.807, 2.05) is 31.6 Å². The van der Waals surface area contributed by atoms with Crippen LogP contribution in [0.3, 0.4) is 0 Å². The van der Waals surface area contributed by atoms with Crippen molar-refractivity contribution >= 4 is 12.1 Å². The first-order chi connectivity index (χ1) is 15.2. The van der Waals surface area contributed by atoms with Gasteiger partial charge in [0.15, 0.2) is 0 Å². The summed E-state index contributed by atoms with van der Waals surface area (Å²) in [7, 11) is 1.37. The van der Waals surface area contributed by atoms with Crippen LogP contribution in [0.4, 0.5) is 4.79 Å². The van der Waals surface area contributed by atoms with Gasteiger partial charge in [0, 0.05) is 29.6 Å². The van der Waals surface area contributed by atoms with Crippen molar-refractivity contribution in [3.63, 3.8) is 0 Å². The fourth-order valence-electron chi connectivity index (χ4n) is 5.15. The Morgan fingerprint density at radius 2 is 1.97 bits per heavy atom. The van der Waals surface area contributed by atoms with E-state index in [9.17, 15) is 9.59 Å². The number of carbonyl (C=O) groups excluding carboxylic acids is 2. The first-order valence-corrected chi connectivity index (χ1v) is 11.3. The van der Waals surface area contributed by atoms with Gasteiger partial charge in [-0.3, -0.25) is 9.78 Å². The van der Waals surface area contributed by atoms with Crippen molar-refractivity contribution in [3.8, 4) is 5.69 Å². The van der Waals surface area contributed by atoms with Gasteiger partial charge in [0.05, 0.1) is 43.3 Å². The molecular formula is C24H30N4O4. The van der Waals surface area contributed by atoms with Gasteiger partial charge in [0.1, 0.15) is 5.60 Å². The van der Waals surface area contributed by atoms with Crippen LogP contribution < -0.4 is 0 Å². The lowest BCUT2D eigenvalue weighted by molar-refractivity contribution is -0.139. The van der Waals surface area contributed by atoms with Crippen molar-refractivity contribution in [3.05, 3.63) is 41.0 Å². The molecule has 2 aromatic heterocycles. The number of amides is 1. The Labute approximate surface area is 187 Å². The Bertz CT molecular complexity index is 1050. The van der Waals surface area contributed by atoms with E-state index in [1.54, 1.807) is 4.90 Å². The molecule has 3 aliphatic carbocycles. The van der Waals surface area contributed by atoms with E-state index in [2.05, 4.69) is 12.1 Å². The minimum Gasteiger partial charge on any atom is -0.469 e. The van der Waals surface area contributed by atoms with E-state index < -0.39 is 5.60 Å². The van der Waals surface area contributed by atoms with Crippen molar-refractivity contribution in [2.45, 2.75) is 70.4 Å². The molecule has 0 aromatic carbocycles. The molecule has 2 aromatic rings. The summed E-state index contributed by atoms with van der Waals surface area (Å²) in [5, 5.41) is 4.75. The molecule has 8 heteroatoms. The first kappa shape index (κ1) is 21.0. The van der Waals surface area contributed by atoms with E-state index in [-0.39, 0.29) is 18.5 Å². The number of hydrogen-bond acceptors (Lipinski definition) is 6. The fraction of sp³-hybridized carbons (Fsp3) is 0.583. The predicted octanol–water partition coefficient (Wildman–Crippen LogP) is 3.33. The summed E-state index contributed by atoms with van der Waals surface area (Å²) in [6, 6.07) is 4.19. The number of hydrogen-bond donors (Lipinski definition) is 0. The number of pyridine rings is 1. The molecule has 1 aliphatic heterocycles. The molecule has 8 nitrogen and oxygen atoms in total. The standard InChI is InChI=1S/C24H30N4O4/c1-23(2,3)32-22(30)27-8-7-19-17(14-27)18(9-21(29)31-4)26-28(19)16-5-6-20(25-13-16)24-10-15(11-24)12-24/h5-6,13,15H,7-12,14H2,1-4H3. The summed E-state index contributed by atoms with van der Waals surface area (Å²) in [5.74, 6) is 0.548. The van der Waals surface area contributed by atoms with Gasteiger partial charge in [0.2, 0.25) is 0 Å². The van der Waals surface area contributed by atoms with Gasteiger partial charge in [0.25, 0.3) is 0 Å². The molecule has 0 radical (unpaired) electrons. The molecule has 1 amide bonds. The van der Waals surface area contributed by atoms with Crippen molar-refractivity contribution in [2.75, 3.05) is 13.7 Å². The highest BCUT2D eigenvalue weighted by molar-refractivity contribution is 5.73. The zero-order valence-corrected chi connectivity index (χ0v) is 19.2. The van der Waals surface area contributed by atoms with E-state index in [4.69, 9.17) is 19.6 Å². The van der Waals surface area contributed by atoms with Crippen molar-refractivity contribution in [1.29, 1.82) is 0 Å². The van der Waals surface area contributed by atoms with Gasteiger partial charge in [-0.2, -0.15) is 5.10 Å². The quantitative estimate of drug-likeness (QED) is 0.681. The third-order valence-corrected chi connectivity index (χ3v) is 6.91. The van der Waals surface area contributed by atoms with Crippen LogP contribution in [0.2, 0.25) is 0 Å². The number of aromatic nitrogens is 3. The number of ether oxygens (including phenoxy) is 2. The monoisotopic (exact) mass is 438 g/mol. The summed E-state index contributed by atoms with van der Waals surface area (Å²) >= 11 is 0. The Morgan fingerprint density at radius 3 is 2.53 bits per heavy atom. The molecule has 2 bridgehead atoms. The maximum absolute atomic E-state index is 12.6. The summed E-state index contributed by atoms with van der Waals surface area (Å²) in [4.78, 5) is 31.1. The lowest BCUT2D eigenvalue weighted by Gasteiger charge is -2.61. The van der Waals surface area contributed by atoms with Crippen LogP contribution in [0.25, 0.3) is 5.69 Å². The molecule has 4 aliphatic rings. The second kappa shape index (κ2) is 7.32. The lowest BCUT2D eigenvalue weighted by Crippen LogP contribution is -2.55. The molecule has 170 valence electrons. The van der Waals surface area contributed by atoms with Crippen LogP contribution in [0.1, 0.15) is 62.7 Å². The predicted molar refractivity (Wildman–Crippen MR) is 116 cm³/mol. The van der Waals surface area contributed by atoms with Crippen LogP contribution in [0.15, 0.2) is 18.3 Å². The summed E-state index contributed by atoms with van der Waals surface area (Å²) in [5.41, 5.74) is 4.32. The zero-order chi connectivity index (χ0) is 22.7. The summed E-state index contributed by atoms with van der Waals surface area (Å²) in [6.07, 6.45) is 6.00. The van der Waals surface area contributed by atoms with Gasteiger partial charge >= 0.3 is 12.1 Å². The highest BCUT2D eigenvalue weighted by Crippen LogP contribution is 2.64. The minimum absolute atomic E-state index is 0.0595. The summed E-state index contributed by atoms with van der Waals surface area (Å²) < 4.78 is 12.3. The lowest BCUT2D eigenvalue weighted by atomic mass is 9.43. The Kier molecular flexibility index (Phi) is 4.80. The highest BCUT2D eigenvalue weighted by Gasteiger charge is 2.58. The van der Waals surface area contributed by atoms with E-state index in [0.29, 0.717) is 30.6 Å². The van der Waals surface area contributed by atoms with Gasteiger partial charge in [-0.1, -0.05) is 0 Å². The maximum atomic E-state index is 12.6. The van der Waals surface area contributed by atoms with E-state index in [0.717, 1.165) is 22.9 Å². The molecule has 3 heterocycles. The van der Waals surface area contributed by atoms with E-state index in [1.165, 1.54) is 32.1 Å². The number of nitrogens with zero attached hydrogens (tertiary/aromatic N) is 4. The SMILES string of the molecule is COC(=O)Cc1nn(-c2ccc(C34CC(C3)C4)nc2)c2c1CN(C(=O)OC(C)(C)C)CC2. The molecule has 32 heavy (non-hydrogen) atoms. The molecule has 0 N–H and O–H groups in total. The minimum atomic E-state index is -0.565. The van der Waals surface area contributed by atoms with Crippen molar-refractivity contribution in [2.24, 2.45) is 5.92 Å². The molecule has 3 fully saturated rings. The Hall–Kier alpha value is -2.90. The van der Waals surface area contributed by atoms with Crippen LogP contribution >= 0.6 is 0 Å². The Morgan fingerprint density at radius 1 is 1.22 bits per heavy atom. The fourth-order valence-corrected chi connectivity index (χ4v) is 5.15. The van der Waals surface area contributed by atoms with Crippen LogP contribution in [0, 0.1) is 5.92 Å². The number of rotatable bonds is 4. The van der Waals surface area contributed by atoms with Crippen molar-refractivity contribution < 1.29 is 19.1 Å². The second-order valence-electron chi connectivity index (χ2n) is 10.3. The van der Waals surface area contributed by atoms with Gasteiger partial charge in [-0.05, 0) is 58.1 Å². The van der Waals surface area contributed by atoms with Gasteiger partial charge < -0.3 is 14.4 Å². The van der Waals surface area contributed by atoms with Crippen LogP contribution in [-0.4, -0.2) is 51.0 Å². The molecular weight excluding hydrogens is 408 g/mol. The molecule has 0 unspecified atom stereocenters. The maximum Gasteiger partial charge on any atom is 0.410 e. The average Bonchev–Trinajstić information content (AvgIpc) is 3.02. The van der Waals surface area contributed by atoms with Crippen LogP contribution in [-0.2, 0) is 39.1 Å². The molecule has 0 saturated heterocycles. The molecule has 6 rings (SSSR count). The summed E-state index contributed by atoms with van der Waals surface area (Å²) in [6.45, 7) is 6.44. The molecule has 0 spiro atoms. The third-order valence-electron chi connectivity index (χ3n) is 6.91. The third kappa shape index (κ3) is 3.55. The smallest absolute Gasteiger partial charge is 0.410 e. The molecule has 0 atom stereocenters. The van der Waals surface area contributed by atoms with Gasteiger partial charge in [-0.25, -0.2) is 9.48 Å². The first-order valence-electron chi connectivity index (χ1n) is 11.3. The average molecular weight is 439 g/mol.